The predicted octanol–water partition coefficient (Wildman–Crippen LogP) is 7.71. The Balaban J connectivity index is 0.925. The van der Waals surface area contributed by atoms with Crippen molar-refractivity contribution in [2.24, 2.45) is 11.3 Å². The first kappa shape index (κ1) is 47.4. The van der Waals surface area contributed by atoms with Crippen LogP contribution in [0.25, 0.3) is 10.4 Å². The van der Waals surface area contributed by atoms with Gasteiger partial charge in [0.05, 0.1) is 41.7 Å². The van der Waals surface area contributed by atoms with Crippen LogP contribution in [-0.2, 0) is 20.9 Å². The van der Waals surface area contributed by atoms with E-state index in [1.54, 1.807) is 43.7 Å². The summed E-state index contributed by atoms with van der Waals surface area (Å²) in [6.45, 7) is 9.75. The number of alkyl halides is 1. The molecule has 65 heavy (non-hydrogen) atoms. The van der Waals surface area contributed by atoms with Crippen molar-refractivity contribution in [2.75, 3.05) is 51.0 Å². The summed E-state index contributed by atoms with van der Waals surface area (Å²) in [4.78, 5) is 71.5. The van der Waals surface area contributed by atoms with E-state index in [9.17, 15) is 23.6 Å². The van der Waals surface area contributed by atoms with Crippen LogP contribution in [0, 0.1) is 18.3 Å². The van der Waals surface area contributed by atoms with E-state index in [4.69, 9.17) is 21.1 Å². The Labute approximate surface area is 388 Å². The number of nitrogens with zero attached hydrogens (tertiary/aromatic N) is 5. The Morgan fingerprint density at radius 1 is 1.03 bits per heavy atom. The summed E-state index contributed by atoms with van der Waals surface area (Å²) in [5.41, 5.74) is 3.03. The van der Waals surface area contributed by atoms with Gasteiger partial charge in [-0.05, 0) is 99.5 Å². The number of piperidine rings is 1. The van der Waals surface area contributed by atoms with Gasteiger partial charge >= 0.3 is 0 Å². The van der Waals surface area contributed by atoms with Gasteiger partial charge in [-0.1, -0.05) is 44.5 Å². The van der Waals surface area contributed by atoms with Gasteiger partial charge in [-0.2, -0.15) is 4.98 Å². The number of hydrogen-bond donors (Lipinski definition) is 4. The van der Waals surface area contributed by atoms with Crippen LogP contribution in [0.3, 0.4) is 0 Å². The number of carbonyl (C=O) groups excluding carboxylic acids is 4. The maximum absolute atomic E-state index is 14.6. The summed E-state index contributed by atoms with van der Waals surface area (Å²) in [6.07, 6.45) is 6.41. The average molecular weight is 933 g/mol. The van der Waals surface area contributed by atoms with Gasteiger partial charge in [0.25, 0.3) is 11.8 Å². The molecule has 0 spiro atoms. The second kappa shape index (κ2) is 20.3. The van der Waals surface area contributed by atoms with Gasteiger partial charge < -0.3 is 40.5 Å². The second-order valence-corrected chi connectivity index (χ2v) is 19.4. The number of halogens is 2. The van der Waals surface area contributed by atoms with Gasteiger partial charge in [0, 0.05) is 44.4 Å². The normalized spacial score (nSPS) is 17.6. The molecule has 0 radical (unpaired) electrons. The Bertz CT molecular complexity index is 2380. The fourth-order valence-electron chi connectivity index (χ4n) is 8.38. The smallest absolute Gasteiger partial charge is 0.258 e. The van der Waals surface area contributed by atoms with Gasteiger partial charge in [-0.25, -0.2) is 14.4 Å². The molecule has 0 unspecified atom stereocenters. The standard InChI is InChI=1S/C47H59ClFN9O6S/c1-28-38(65-27-53-28)30-11-12-32(25-51-41(59)35-10-7-19-58(35)43(61)39(46(2,3)4)55-44(62)47(49)17-18-47)36(23-30)64-22-8-9-29-15-20-57(21-16-29)42(60)31-13-14-34(37(24-31)63-6)54-45-52-26-33(48)40(50-5)56-45/h11-14,23-24,26-27,29,35,39H,7-10,15-22,25H2,1-6H3,(H,51,59)(H,55,62)(H2,50,52,54,56)/t35-,39+/m0/s1. The maximum atomic E-state index is 14.6. The number of aryl methyl sites for hydroxylation is 1. The lowest BCUT2D eigenvalue weighted by atomic mass is 9.85. The van der Waals surface area contributed by atoms with Crippen molar-refractivity contribution in [1.82, 2.24) is 35.4 Å². The summed E-state index contributed by atoms with van der Waals surface area (Å²) < 4.78 is 26.7. The first-order valence-electron chi connectivity index (χ1n) is 22.3. The summed E-state index contributed by atoms with van der Waals surface area (Å²) in [5, 5.41) is 12.2. The number of aromatic nitrogens is 3. The Morgan fingerprint density at radius 2 is 1.80 bits per heavy atom. The minimum Gasteiger partial charge on any atom is -0.495 e. The number of nitrogens with one attached hydrogen (secondary N) is 4. The minimum absolute atomic E-state index is 0.0534. The number of amides is 4. The summed E-state index contributed by atoms with van der Waals surface area (Å²) >= 11 is 7.68. The molecular weight excluding hydrogens is 873 g/mol. The number of anilines is 3. The van der Waals surface area contributed by atoms with E-state index in [0.29, 0.717) is 84.5 Å². The average Bonchev–Trinajstić information content (AvgIpc) is 3.62. The molecule has 2 aliphatic heterocycles. The zero-order valence-electron chi connectivity index (χ0n) is 37.9. The van der Waals surface area contributed by atoms with E-state index < -0.39 is 29.1 Å². The van der Waals surface area contributed by atoms with E-state index in [2.05, 4.69) is 36.2 Å². The van der Waals surface area contributed by atoms with Gasteiger partial charge in [-0.3, -0.25) is 19.2 Å². The van der Waals surface area contributed by atoms with Crippen LogP contribution in [0.2, 0.25) is 5.02 Å². The number of carbonyl (C=O) groups is 4. The molecule has 7 rings (SSSR count). The number of likely N-dealkylation sites (tertiary alicyclic amines) is 2. The summed E-state index contributed by atoms with van der Waals surface area (Å²) in [5.74, 6) is 0.905. The van der Waals surface area contributed by atoms with Crippen molar-refractivity contribution in [2.45, 2.75) is 103 Å². The lowest BCUT2D eigenvalue weighted by Gasteiger charge is -2.35. The number of rotatable bonds is 17. The fourth-order valence-corrected chi connectivity index (χ4v) is 9.37. The Kier molecular flexibility index (Phi) is 14.8. The van der Waals surface area contributed by atoms with E-state index in [1.165, 1.54) is 11.1 Å². The van der Waals surface area contributed by atoms with Crippen molar-refractivity contribution >= 4 is 64.0 Å². The van der Waals surface area contributed by atoms with Crippen molar-refractivity contribution in [3.05, 3.63) is 69.9 Å². The number of thiazole rings is 1. The van der Waals surface area contributed by atoms with Crippen LogP contribution in [0.5, 0.6) is 11.5 Å². The SMILES string of the molecule is CNc1nc(Nc2ccc(C(=O)N3CCC(CCCOc4cc(-c5scnc5C)ccc4CNC(=O)[C@@H]4CCCN4C(=O)[C@@H](NC(=O)C4(F)CC4)C(C)(C)C)CC3)cc2OC)ncc1Cl. The zero-order chi connectivity index (χ0) is 46.5. The van der Waals surface area contributed by atoms with Crippen molar-refractivity contribution in [3.63, 3.8) is 0 Å². The highest BCUT2D eigenvalue weighted by Crippen LogP contribution is 2.41. The third-order valence-corrected chi connectivity index (χ3v) is 13.7. The molecule has 4 N–H and O–H groups in total. The van der Waals surface area contributed by atoms with Gasteiger partial charge in [-0.15, -0.1) is 11.3 Å². The van der Waals surface area contributed by atoms with E-state index in [0.717, 1.165) is 47.4 Å². The molecule has 3 aliphatic rings. The zero-order valence-corrected chi connectivity index (χ0v) is 39.5. The monoisotopic (exact) mass is 931 g/mol. The lowest BCUT2D eigenvalue weighted by Crippen LogP contribution is -2.58. The highest BCUT2D eigenvalue weighted by atomic mass is 35.5. The van der Waals surface area contributed by atoms with Crippen molar-refractivity contribution in [3.8, 4) is 21.9 Å². The molecule has 348 valence electrons. The van der Waals surface area contributed by atoms with Gasteiger partial charge in [0.2, 0.25) is 17.8 Å². The molecule has 1 aliphatic carbocycles. The number of methoxy groups -OCH3 is 1. The number of hydrogen-bond acceptors (Lipinski definition) is 12. The molecule has 4 aromatic rings. The Hall–Kier alpha value is -5.55. The quantitative estimate of drug-likeness (QED) is 0.0763. The van der Waals surface area contributed by atoms with Crippen LogP contribution < -0.4 is 30.7 Å². The summed E-state index contributed by atoms with van der Waals surface area (Å²) in [7, 11) is 3.27. The first-order valence-corrected chi connectivity index (χ1v) is 23.5. The third-order valence-electron chi connectivity index (χ3n) is 12.4. The molecule has 15 nitrogen and oxygen atoms in total. The molecule has 0 bridgehead atoms. The van der Waals surface area contributed by atoms with Crippen LogP contribution in [0.15, 0.2) is 48.1 Å². The van der Waals surface area contributed by atoms with E-state index in [-0.39, 0.29) is 37.1 Å². The minimum atomic E-state index is -1.92. The first-order chi connectivity index (χ1) is 31.1. The van der Waals surface area contributed by atoms with Gasteiger partial charge in [0.1, 0.15) is 34.4 Å². The molecule has 2 aromatic carbocycles. The molecule has 2 atom stereocenters. The topological polar surface area (TPSA) is 180 Å². The largest absolute Gasteiger partial charge is 0.495 e. The highest BCUT2D eigenvalue weighted by molar-refractivity contribution is 7.13. The molecule has 4 heterocycles. The molecular formula is C47H59ClFN9O6S. The lowest BCUT2D eigenvalue weighted by molar-refractivity contribution is -0.144. The van der Waals surface area contributed by atoms with Crippen LogP contribution >= 0.6 is 22.9 Å². The fraction of sp³-hybridized carbons (Fsp3) is 0.511. The molecule has 3 fully saturated rings. The molecule has 1 saturated carbocycles. The molecule has 18 heteroatoms. The third kappa shape index (κ3) is 11.3. The predicted molar refractivity (Wildman–Crippen MR) is 250 cm³/mol. The van der Waals surface area contributed by atoms with E-state index >= 15 is 0 Å². The molecule has 4 amide bonds. The van der Waals surface area contributed by atoms with Crippen LogP contribution in [-0.4, -0.2) is 107 Å². The van der Waals surface area contributed by atoms with Crippen LogP contribution in [0.1, 0.15) is 93.8 Å². The number of ether oxygens (including phenoxy) is 2. The second-order valence-electron chi connectivity index (χ2n) is 18.1. The Morgan fingerprint density at radius 3 is 2.48 bits per heavy atom. The van der Waals surface area contributed by atoms with Crippen LogP contribution in [0.4, 0.5) is 21.8 Å². The summed E-state index contributed by atoms with van der Waals surface area (Å²) in [6, 6.07) is 9.53. The van der Waals surface area contributed by atoms with Crippen molar-refractivity contribution < 1.29 is 33.0 Å². The van der Waals surface area contributed by atoms with E-state index in [1.807, 2.05) is 56.3 Å². The number of benzene rings is 2. The van der Waals surface area contributed by atoms with Gasteiger partial charge in [0.15, 0.2) is 5.67 Å². The molecule has 2 saturated heterocycles. The highest BCUT2D eigenvalue weighted by Gasteiger charge is 2.53. The molecule has 2 aromatic heterocycles. The maximum Gasteiger partial charge on any atom is 0.258 e. The van der Waals surface area contributed by atoms with Crippen molar-refractivity contribution in [1.29, 1.82) is 0 Å².